The summed E-state index contributed by atoms with van der Waals surface area (Å²) in [5.41, 5.74) is 20.3. The van der Waals surface area contributed by atoms with E-state index < -0.39 is 0 Å². The van der Waals surface area contributed by atoms with Crippen molar-refractivity contribution in [1.82, 2.24) is 0 Å². The molecule has 0 aliphatic rings. The molecule has 4 heteroatoms. The van der Waals surface area contributed by atoms with Crippen molar-refractivity contribution in [1.29, 1.82) is 0 Å². The Labute approximate surface area is 224 Å². The maximum Gasteiger partial charge on any atom is 0.132 e. The van der Waals surface area contributed by atoms with Gasteiger partial charge in [0.1, 0.15) is 23.0 Å². The Balaban J connectivity index is 1.16. The lowest BCUT2D eigenvalue weighted by Crippen LogP contribution is -1.93. The van der Waals surface area contributed by atoms with Crippen molar-refractivity contribution in [2.24, 2.45) is 0 Å². The zero-order valence-electron chi connectivity index (χ0n) is 21.8. The molecule has 0 aliphatic heterocycles. The molecule has 0 fully saturated rings. The summed E-state index contributed by atoms with van der Waals surface area (Å²) in [6.45, 7) is 4.03. The molecule has 0 heterocycles. The molecule has 0 saturated heterocycles. The SMILES string of the molecule is Cc1ccc(N)cc1Oc1ccc(Cc2ccc(Cc3ccc(Oc4cc(N)ccc4C)cc3)cc2)cc1. The molecule has 5 rings (SSSR count). The summed E-state index contributed by atoms with van der Waals surface area (Å²) < 4.78 is 12.0. The summed E-state index contributed by atoms with van der Waals surface area (Å²) >= 11 is 0. The van der Waals surface area contributed by atoms with Gasteiger partial charge in [-0.3, -0.25) is 0 Å². The highest BCUT2D eigenvalue weighted by molar-refractivity contribution is 5.50. The highest BCUT2D eigenvalue weighted by Crippen LogP contribution is 2.29. The van der Waals surface area contributed by atoms with Crippen LogP contribution in [0.2, 0.25) is 0 Å². The van der Waals surface area contributed by atoms with Crippen LogP contribution in [0, 0.1) is 13.8 Å². The molecule has 0 radical (unpaired) electrons. The summed E-state index contributed by atoms with van der Waals surface area (Å²) in [5, 5.41) is 0. The van der Waals surface area contributed by atoms with Gasteiger partial charge < -0.3 is 20.9 Å². The van der Waals surface area contributed by atoms with Crippen molar-refractivity contribution < 1.29 is 9.47 Å². The van der Waals surface area contributed by atoms with Crippen LogP contribution >= 0.6 is 0 Å². The normalized spacial score (nSPS) is 10.8. The number of aryl methyl sites for hydroxylation is 2. The molecule has 4 nitrogen and oxygen atoms in total. The molecule has 0 bridgehead atoms. The highest BCUT2D eigenvalue weighted by Gasteiger charge is 2.05. The molecule has 4 N–H and O–H groups in total. The Kier molecular flexibility index (Phi) is 7.32. The van der Waals surface area contributed by atoms with E-state index in [1.54, 1.807) is 0 Å². The fourth-order valence-electron chi connectivity index (χ4n) is 4.30. The summed E-state index contributed by atoms with van der Waals surface area (Å²) in [4.78, 5) is 0. The van der Waals surface area contributed by atoms with E-state index in [0.717, 1.165) is 47.0 Å². The number of hydrogen-bond acceptors (Lipinski definition) is 4. The third kappa shape index (κ3) is 6.34. The topological polar surface area (TPSA) is 70.5 Å². The van der Waals surface area contributed by atoms with E-state index in [9.17, 15) is 0 Å². The number of hydrogen-bond donors (Lipinski definition) is 2. The fraction of sp³-hybridized carbons (Fsp3) is 0.118. The van der Waals surface area contributed by atoms with Crippen LogP contribution in [-0.2, 0) is 12.8 Å². The quantitative estimate of drug-likeness (QED) is 0.211. The maximum absolute atomic E-state index is 6.02. The van der Waals surface area contributed by atoms with Gasteiger partial charge >= 0.3 is 0 Å². The van der Waals surface area contributed by atoms with Gasteiger partial charge in [-0.2, -0.15) is 0 Å². The molecule has 0 amide bonds. The highest BCUT2D eigenvalue weighted by atomic mass is 16.5. The van der Waals surface area contributed by atoms with Crippen LogP contribution in [0.15, 0.2) is 109 Å². The number of ether oxygens (including phenoxy) is 2. The van der Waals surface area contributed by atoms with Gasteiger partial charge in [-0.15, -0.1) is 0 Å². The number of nitrogens with two attached hydrogens (primary N) is 2. The van der Waals surface area contributed by atoms with Crippen molar-refractivity contribution in [3.8, 4) is 23.0 Å². The van der Waals surface area contributed by atoms with Crippen molar-refractivity contribution in [3.05, 3.63) is 143 Å². The van der Waals surface area contributed by atoms with Gasteiger partial charge in [0.15, 0.2) is 0 Å². The van der Waals surface area contributed by atoms with Crippen molar-refractivity contribution in [2.75, 3.05) is 11.5 Å². The number of anilines is 2. The van der Waals surface area contributed by atoms with Gasteiger partial charge in [-0.25, -0.2) is 0 Å². The lowest BCUT2D eigenvalue weighted by molar-refractivity contribution is 0.479. The average Bonchev–Trinajstić information content (AvgIpc) is 2.92. The predicted molar refractivity (Wildman–Crippen MR) is 156 cm³/mol. The maximum atomic E-state index is 6.02. The lowest BCUT2D eigenvalue weighted by atomic mass is 10.0. The monoisotopic (exact) mass is 500 g/mol. The van der Waals surface area contributed by atoms with Gasteiger partial charge in [-0.05, 0) is 96.5 Å². The van der Waals surface area contributed by atoms with E-state index in [2.05, 4.69) is 48.5 Å². The van der Waals surface area contributed by atoms with Gasteiger partial charge in [0.05, 0.1) is 0 Å². The zero-order chi connectivity index (χ0) is 26.5. The Morgan fingerprint density at radius 2 is 0.763 bits per heavy atom. The molecule has 190 valence electrons. The standard InChI is InChI=1S/C34H32N2O2/c1-23-3-13-29(35)21-33(23)37-31-15-9-27(10-16-31)19-25-5-7-26(8-6-25)20-28-11-17-32(18-12-28)38-34-22-30(36)14-4-24(34)2/h3-18,21-22H,19-20,35-36H2,1-2H3. The second-order valence-electron chi connectivity index (χ2n) is 9.71. The average molecular weight is 501 g/mol. The van der Waals surface area contributed by atoms with Gasteiger partial charge in [0.2, 0.25) is 0 Å². The van der Waals surface area contributed by atoms with E-state index in [4.69, 9.17) is 20.9 Å². The summed E-state index contributed by atoms with van der Waals surface area (Å²) in [6.07, 6.45) is 1.74. The fourth-order valence-corrected chi connectivity index (χ4v) is 4.30. The van der Waals surface area contributed by atoms with Crippen LogP contribution in [0.1, 0.15) is 33.4 Å². The van der Waals surface area contributed by atoms with Crippen LogP contribution in [0.4, 0.5) is 11.4 Å². The summed E-state index contributed by atoms with van der Waals surface area (Å²) in [5.74, 6) is 3.17. The first-order valence-corrected chi connectivity index (χ1v) is 12.7. The van der Waals surface area contributed by atoms with Crippen molar-refractivity contribution >= 4 is 11.4 Å². The molecule has 5 aromatic carbocycles. The Bertz CT molecular complexity index is 1410. The Hall–Kier alpha value is -4.70. The zero-order valence-corrected chi connectivity index (χ0v) is 21.8. The molecular weight excluding hydrogens is 468 g/mol. The number of nitrogen functional groups attached to an aromatic ring is 2. The van der Waals surface area contributed by atoms with E-state index in [1.165, 1.54) is 22.3 Å². The third-order valence-corrected chi connectivity index (χ3v) is 6.57. The molecule has 0 unspecified atom stereocenters. The van der Waals surface area contributed by atoms with Crippen molar-refractivity contribution in [2.45, 2.75) is 26.7 Å². The second kappa shape index (κ2) is 11.1. The lowest BCUT2D eigenvalue weighted by Gasteiger charge is -2.11. The molecular formula is C34H32N2O2. The van der Waals surface area contributed by atoms with E-state index in [1.807, 2.05) is 74.5 Å². The van der Waals surface area contributed by atoms with E-state index in [0.29, 0.717) is 11.4 Å². The van der Waals surface area contributed by atoms with E-state index in [-0.39, 0.29) is 0 Å². The van der Waals surface area contributed by atoms with Crippen LogP contribution in [0.3, 0.4) is 0 Å². The first-order chi connectivity index (χ1) is 18.4. The Morgan fingerprint density at radius 3 is 1.11 bits per heavy atom. The molecule has 38 heavy (non-hydrogen) atoms. The first-order valence-electron chi connectivity index (χ1n) is 12.7. The predicted octanol–water partition coefficient (Wildman–Crippen LogP) is 8.23. The number of benzene rings is 5. The van der Waals surface area contributed by atoms with E-state index >= 15 is 0 Å². The molecule has 5 aromatic rings. The minimum absolute atomic E-state index is 0.695. The van der Waals surface area contributed by atoms with Crippen LogP contribution in [0.5, 0.6) is 23.0 Å². The minimum Gasteiger partial charge on any atom is -0.457 e. The molecule has 0 spiro atoms. The van der Waals surface area contributed by atoms with Crippen LogP contribution < -0.4 is 20.9 Å². The molecule has 0 atom stereocenters. The van der Waals surface area contributed by atoms with Gasteiger partial charge in [0, 0.05) is 23.5 Å². The number of rotatable bonds is 8. The first kappa shape index (κ1) is 25.0. The van der Waals surface area contributed by atoms with Crippen LogP contribution in [-0.4, -0.2) is 0 Å². The molecule has 0 aliphatic carbocycles. The minimum atomic E-state index is 0.695. The Morgan fingerprint density at radius 1 is 0.447 bits per heavy atom. The molecule has 0 aromatic heterocycles. The van der Waals surface area contributed by atoms with Gasteiger partial charge in [0.25, 0.3) is 0 Å². The van der Waals surface area contributed by atoms with Crippen molar-refractivity contribution in [3.63, 3.8) is 0 Å². The van der Waals surface area contributed by atoms with Gasteiger partial charge in [-0.1, -0.05) is 60.7 Å². The molecule has 0 saturated carbocycles. The summed E-state index contributed by atoms with van der Waals surface area (Å²) in [7, 11) is 0. The largest absolute Gasteiger partial charge is 0.457 e. The smallest absolute Gasteiger partial charge is 0.132 e. The second-order valence-corrected chi connectivity index (χ2v) is 9.71. The summed E-state index contributed by atoms with van der Waals surface area (Å²) in [6, 6.07) is 36.7. The third-order valence-electron chi connectivity index (χ3n) is 6.57. The van der Waals surface area contributed by atoms with Crippen LogP contribution in [0.25, 0.3) is 0 Å².